The predicted octanol–water partition coefficient (Wildman–Crippen LogP) is 4.06. The zero-order chi connectivity index (χ0) is 24.4. The molecule has 1 aliphatic carbocycles. The third kappa shape index (κ3) is 13.1. The summed E-state index contributed by atoms with van der Waals surface area (Å²) >= 11 is 3.33. The van der Waals surface area contributed by atoms with Crippen LogP contribution >= 0.6 is 15.9 Å². The van der Waals surface area contributed by atoms with Gasteiger partial charge in [-0.05, 0) is 51.4 Å². The van der Waals surface area contributed by atoms with E-state index in [4.69, 9.17) is 18.9 Å². The van der Waals surface area contributed by atoms with E-state index in [-0.39, 0.29) is 40.0 Å². The molecule has 0 aromatic heterocycles. The molecule has 2 aromatic rings. The first-order chi connectivity index (χ1) is 17.4. The Labute approximate surface area is 258 Å². The molecule has 0 N–H and O–H groups in total. The van der Waals surface area contributed by atoms with Crippen molar-refractivity contribution >= 4 is 44.6 Å². The Kier molecular flexibility index (Phi) is 21.2. The van der Waals surface area contributed by atoms with Crippen molar-refractivity contribution in [3.8, 4) is 11.1 Å². The number of ether oxygens (including phenoxy) is 4. The van der Waals surface area contributed by atoms with Gasteiger partial charge in [0.2, 0.25) is 0 Å². The second-order valence-electron chi connectivity index (χ2n) is 8.84. The minimum Gasteiger partial charge on any atom is -1.00 e. The monoisotopic (exact) mass is 646 g/mol. The van der Waals surface area contributed by atoms with Crippen LogP contribution in [0.1, 0.15) is 62.5 Å². The van der Waals surface area contributed by atoms with E-state index >= 15 is 0 Å². The minimum atomic E-state index is 0. The van der Waals surface area contributed by atoms with Gasteiger partial charge in [0.1, 0.15) is 0 Å². The summed E-state index contributed by atoms with van der Waals surface area (Å²) in [5.74, 6) is 0. The number of fused-ring (bicyclic) bond motifs is 3. The molecule has 2 aromatic carbocycles. The standard InChI is InChI=1S/C14H8Br.4C4H8O.BrH.Mg/c15-9-14-12-7-3-1-5-10(12)11-6-2-4-8-13(11)14;4*1-2-4-5-3-1;;/h1-8H;4*1-4H2;1H;/q-1;;;;;;+2/p-1. The van der Waals surface area contributed by atoms with Gasteiger partial charge in [0, 0.05) is 52.9 Å². The van der Waals surface area contributed by atoms with Crippen molar-refractivity contribution in [2.45, 2.75) is 51.4 Å². The maximum Gasteiger partial charge on any atom is 2.00 e. The van der Waals surface area contributed by atoms with Gasteiger partial charge in [-0.1, -0.05) is 47.5 Å². The molecular formula is C30H40Br2MgO4. The van der Waals surface area contributed by atoms with E-state index in [0.29, 0.717) is 0 Å². The van der Waals surface area contributed by atoms with E-state index in [1.165, 1.54) is 73.6 Å². The van der Waals surface area contributed by atoms with Gasteiger partial charge in [0.15, 0.2) is 0 Å². The predicted molar refractivity (Wildman–Crippen MR) is 153 cm³/mol. The van der Waals surface area contributed by atoms with Crippen molar-refractivity contribution in [3.05, 3.63) is 64.6 Å². The number of benzene rings is 2. The van der Waals surface area contributed by atoms with Gasteiger partial charge in [0.05, 0.1) is 0 Å². The number of halogens is 2. The molecule has 200 valence electrons. The fourth-order valence-electron chi connectivity index (χ4n) is 4.16. The largest absolute Gasteiger partial charge is 2.00 e. The first-order valence-corrected chi connectivity index (χ1v) is 13.9. The summed E-state index contributed by atoms with van der Waals surface area (Å²) in [5, 5.41) is 0. The Morgan fingerprint density at radius 3 is 0.892 bits per heavy atom. The molecule has 0 bridgehead atoms. The molecule has 5 aliphatic rings. The van der Waals surface area contributed by atoms with Crippen molar-refractivity contribution in [1.29, 1.82) is 0 Å². The Morgan fingerprint density at radius 1 is 0.459 bits per heavy atom. The maximum atomic E-state index is 4.94. The smallest absolute Gasteiger partial charge is 1.00 e. The Balaban J connectivity index is 0.000000259. The summed E-state index contributed by atoms with van der Waals surface area (Å²) in [5.41, 5.74) is 6.28. The second kappa shape index (κ2) is 22.6. The summed E-state index contributed by atoms with van der Waals surface area (Å²) < 4.78 is 19.8. The molecular weight excluding hydrogens is 608 g/mol. The number of hydrogen-bond donors (Lipinski definition) is 0. The van der Waals surface area contributed by atoms with E-state index < -0.39 is 0 Å². The number of rotatable bonds is 0. The normalized spacial score (nSPS) is 17.9. The fraction of sp³-hybridized carbons (Fsp3) is 0.533. The van der Waals surface area contributed by atoms with Crippen molar-refractivity contribution in [2.24, 2.45) is 0 Å². The summed E-state index contributed by atoms with van der Waals surface area (Å²) in [6.07, 6.45) is 10.2. The van der Waals surface area contributed by atoms with Gasteiger partial charge in [-0.3, -0.25) is 0 Å². The van der Waals surface area contributed by atoms with E-state index in [1.807, 2.05) is 0 Å². The van der Waals surface area contributed by atoms with Crippen LogP contribution in [0.4, 0.5) is 0 Å². The maximum absolute atomic E-state index is 4.94. The van der Waals surface area contributed by atoms with Gasteiger partial charge >= 0.3 is 23.1 Å². The second-order valence-corrected chi connectivity index (χ2v) is 9.24. The first-order valence-electron chi connectivity index (χ1n) is 13.2. The van der Waals surface area contributed by atoms with Crippen molar-refractivity contribution in [1.82, 2.24) is 0 Å². The van der Waals surface area contributed by atoms with Gasteiger partial charge < -0.3 is 35.9 Å². The molecule has 0 radical (unpaired) electrons. The number of hydrogen-bond acceptors (Lipinski definition) is 4. The van der Waals surface area contributed by atoms with Crippen LogP contribution in [0.3, 0.4) is 0 Å². The van der Waals surface area contributed by atoms with Gasteiger partial charge in [0.25, 0.3) is 0 Å². The molecule has 4 fully saturated rings. The molecule has 4 nitrogen and oxygen atoms in total. The molecule has 7 rings (SSSR count). The van der Waals surface area contributed by atoms with Crippen LogP contribution in [0.15, 0.2) is 48.5 Å². The van der Waals surface area contributed by atoms with Crippen LogP contribution in [-0.2, 0) is 18.9 Å². The Morgan fingerprint density at radius 2 is 0.703 bits per heavy atom. The molecule has 0 saturated carbocycles. The SMILES string of the molecule is Br[C-]=C1c2ccccc2-c2ccccc21.C1CCOC1.C1CCOC1.C1CCOC1.C1CCOC1.[Br-].[Mg+2]. The average Bonchev–Trinajstić information content (AvgIpc) is 3.78. The zero-order valence-corrected chi connectivity index (χ0v) is 26.6. The molecule has 0 spiro atoms. The van der Waals surface area contributed by atoms with Crippen LogP contribution in [0, 0.1) is 4.99 Å². The molecule has 37 heavy (non-hydrogen) atoms. The van der Waals surface area contributed by atoms with Crippen LogP contribution in [0.5, 0.6) is 0 Å². The fourth-order valence-corrected chi connectivity index (χ4v) is 4.59. The van der Waals surface area contributed by atoms with Crippen LogP contribution in [-0.4, -0.2) is 75.9 Å². The minimum absolute atomic E-state index is 0. The molecule has 4 heterocycles. The molecule has 0 amide bonds. The zero-order valence-electron chi connectivity index (χ0n) is 22.0. The summed E-state index contributed by atoms with van der Waals surface area (Å²) in [7, 11) is 0. The Bertz CT molecular complexity index is 744. The summed E-state index contributed by atoms with van der Waals surface area (Å²) in [6.45, 7) is 8.00. The van der Waals surface area contributed by atoms with Crippen LogP contribution < -0.4 is 17.0 Å². The summed E-state index contributed by atoms with van der Waals surface area (Å²) in [6, 6.07) is 16.9. The van der Waals surface area contributed by atoms with Gasteiger partial charge in [-0.15, -0.1) is 44.2 Å². The van der Waals surface area contributed by atoms with Crippen molar-refractivity contribution in [3.63, 3.8) is 0 Å². The average molecular weight is 649 g/mol. The van der Waals surface area contributed by atoms with E-state index in [2.05, 4.69) is 69.4 Å². The van der Waals surface area contributed by atoms with Crippen molar-refractivity contribution < 1.29 is 35.9 Å². The summed E-state index contributed by atoms with van der Waals surface area (Å²) in [4.78, 5) is 3.11. The van der Waals surface area contributed by atoms with E-state index in [1.54, 1.807) is 0 Å². The van der Waals surface area contributed by atoms with Gasteiger partial charge in [-0.2, -0.15) is 5.57 Å². The molecule has 0 atom stereocenters. The van der Waals surface area contributed by atoms with Crippen LogP contribution in [0.2, 0.25) is 0 Å². The van der Waals surface area contributed by atoms with Crippen molar-refractivity contribution in [2.75, 3.05) is 52.9 Å². The van der Waals surface area contributed by atoms with Crippen LogP contribution in [0.25, 0.3) is 16.7 Å². The van der Waals surface area contributed by atoms with E-state index in [0.717, 1.165) is 58.4 Å². The molecule has 4 aliphatic heterocycles. The first kappa shape index (κ1) is 34.8. The molecule has 0 unspecified atom stereocenters. The third-order valence-corrected chi connectivity index (χ3v) is 6.48. The topological polar surface area (TPSA) is 36.9 Å². The quantitative estimate of drug-likeness (QED) is 0.272. The van der Waals surface area contributed by atoms with Gasteiger partial charge in [-0.25, -0.2) is 0 Å². The molecule has 4 saturated heterocycles. The Hall–Kier alpha value is -0.254. The third-order valence-electron chi connectivity index (χ3n) is 6.09. The molecule has 7 heteroatoms. The van der Waals surface area contributed by atoms with E-state index in [9.17, 15) is 0 Å².